The second-order valence-electron chi connectivity index (χ2n) is 4.11. The molecule has 4 nitrogen and oxygen atoms in total. The van der Waals surface area contributed by atoms with Gasteiger partial charge in [-0.05, 0) is 25.0 Å². The molecule has 0 saturated heterocycles. The highest BCUT2D eigenvalue weighted by Crippen LogP contribution is 2.34. The summed E-state index contributed by atoms with van der Waals surface area (Å²) >= 11 is 0. The first-order valence-corrected chi connectivity index (χ1v) is 5.76. The van der Waals surface area contributed by atoms with E-state index in [0.717, 1.165) is 24.2 Å². The lowest BCUT2D eigenvalue weighted by Crippen LogP contribution is -2.41. The zero-order valence-corrected chi connectivity index (χ0v) is 10.4. The van der Waals surface area contributed by atoms with Crippen molar-refractivity contribution in [3.8, 4) is 11.5 Å². The van der Waals surface area contributed by atoms with E-state index < -0.39 is 0 Å². The Bertz CT molecular complexity index is 443. The van der Waals surface area contributed by atoms with Gasteiger partial charge in [-0.3, -0.25) is 4.79 Å². The highest BCUT2D eigenvalue weighted by molar-refractivity contribution is 6.00. The molecule has 17 heavy (non-hydrogen) atoms. The van der Waals surface area contributed by atoms with Crippen molar-refractivity contribution >= 4 is 5.91 Å². The van der Waals surface area contributed by atoms with Crippen LogP contribution in [0.5, 0.6) is 11.5 Å². The topological polar surface area (TPSA) is 47.6 Å². The van der Waals surface area contributed by atoms with Gasteiger partial charge >= 0.3 is 0 Å². The Morgan fingerprint density at radius 2 is 1.94 bits per heavy atom. The van der Waals surface area contributed by atoms with Crippen molar-refractivity contribution in [1.82, 2.24) is 5.32 Å². The number of hydrogen-bond donors (Lipinski definition) is 1. The lowest BCUT2D eigenvalue weighted by Gasteiger charge is -2.27. The van der Waals surface area contributed by atoms with Crippen molar-refractivity contribution in [3.05, 3.63) is 23.3 Å². The molecule has 1 N–H and O–H groups in total. The third kappa shape index (κ3) is 1.95. The second kappa shape index (κ2) is 4.65. The van der Waals surface area contributed by atoms with Crippen LogP contribution in [0.1, 0.15) is 29.3 Å². The molecule has 0 aliphatic carbocycles. The van der Waals surface area contributed by atoms with Crippen LogP contribution in [0, 0.1) is 0 Å². The van der Waals surface area contributed by atoms with Crippen LogP contribution in [0.25, 0.3) is 0 Å². The Kier molecular flexibility index (Phi) is 3.22. The molecule has 1 aliphatic heterocycles. The van der Waals surface area contributed by atoms with Gasteiger partial charge in [0.25, 0.3) is 5.91 Å². The van der Waals surface area contributed by atoms with Crippen molar-refractivity contribution < 1.29 is 14.3 Å². The summed E-state index contributed by atoms with van der Waals surface area (Å²) in [5, 5.41) is 2.97. The molecule has 1 unspecified atom stereocenters. The standard InChI is InChI=1S/C13H17NO3/c1-4-8-7-9-10(16-2)5-6-11(17-3)12(9)13(15)14-8/h5-6,8H,4,7H2,1-3H3,(H,14,15). The van der Waals surface area contributed by atoms with Gasteiger partial charge in [-0.15, -0.1) is 0 Å². The summed E-state index contributed by atoms with van der Waals surface area (Å²) in [7, 11) is 3.19. The predicted molar refractivity (Wildman–Crippen MR) is 64.8 cm³/mol. The normalized spacial score (nSPS) is 18.3. The van der Waals surface area contributed by atoms with Crippen molar-refractivity contribution in [2.75, 3.05) is 14.2 Å². The van der Waals surface area contributed by atoms with Gasteiger partial charge in [0, 0.05) is 11.6 Å². The average molecular weight is 235 g/mol. The second-order valence-corrected chi connectivity index (χ2v) is 4.11. The Balaban J connectivity index is 2.55. The Labute approximate surface area is 101 Å². The maximum absolute atomic E-state index is 12.1. The summed E-state index contributed by atoms with van der Waals surface area (Å²) in [6.07, 6.45) is 1.70. The summed E-state index contributed by atoms with van der Waals surface area (Å²) in [6.45, 7) is 2.06. The van der Waals surface area contributed by atoms with Crippen molar-refractivity contribution in [3.63, 3.8) is 0 Å². The molecule has 0 fully saturated rings. The molecular weight excluding hydrogens is 218 g/mol. The quantitative estimate of drug-likeness (QED) is 0.868. The highest BCUT2D eigenvalue weighted by atomic mass is 16.5. The number of ether oxygens (including phenoxy) is 2. The minimum absolute atomic E-state index is 0.0751. The van der Waals surface area contributed by atoms with E-state index in [1.54, 1.807) is 20.3 Å². The molecule has 1 atom stereocenters. The minimum atomic E-state index is -0.0751. The number of benzene rings is 1. The zero-order chi connectivity index (χ0) is 12.4. The van der Waals surface area contributed by atoms with Crippen LogP contribution in [0.4, 0.5) is 0 Å². The molecule has 92 valence electrons. The molecule has 2 rings (SSSR count). The van der Waals surface area contributed by atoms with Crippen molar-refractivity contribution in [2.45, 2.75) is 25.8 Å². The van der Waals surface area contributed by atoms with E-state index in [-0.39, 0.29) is 11.9 Å². The first kappa shape index (κ1) is 11.8. The molecule has 0 aromatic heterocycles. The van der Waals surface area contributed by atoms with Gasteiger partial charge in [0.2, 0.25) is 0 Å². The fraction of sp³-hybridized carbons (Fsp3) is 0.462. The third-order valence-corrected chi connectivity index (χ3v) is 3.18. The van der Waals surface area contributed by atoms with Crippen LogP contribution in [0.15, 0.2) is 12.1 Å². The summed E-state index contributed by atoms with van der Waals surface area (Å²) in [4.78, 5) is 12.1. The first-order chi connectivity index (χ1) is 8.21. The van der Waals surface area contributed by atoms with Gasteiger partial charge in [0.15, 0.2) is 0 Å². The third-order valence-electron chi connectivity index (χ3n) is 3.18. The van der Waals surface area contributed by atoms with Gasteiger partial charge < -0.3 is 14.8 Å². The average Bonchev–Trinajstić information content (AvgIpc) is 2.37. The summed E-state index contributed by atoms with van der Waals surface area (Å²) in [5.41, 5.74) is 1.55. The Morgan fingerprint density at radius 1 is 1.29 bits per heavy atom. The highest BCUT2D eigenvalue weighted by Gasteiger charge is 2.29. The van der Waals surface area contributed by atoms with E-state index >= 15 is 0 Å². The minimum Gasteiger partial charge on any atom is -0.496 e. The fourth-order valence-corrected chi connectivity index (χ4v) is 2.22. The molecule has 1 aromatic carbocycles. The predicted octanol–water partition coefficient (Wildman–Crippen LogP) is 1.77. The van der Waals surface area contributed by atoms with Crippen LogP contribution < -0.4 is 14.8 Å². The summed E-state index contributed by atoms with van der Waals surface area (Å²) in [5.74, 6) is 1.29. The van der Waals surface area contributed by atoms with Crippen molar-refractivity contribution in [1.29, 1.82) is 0 Å². The summed E-state index contributed by atoms with van der Waals surface area (Å²) in [6, 6.07) is 3.79. The monoisotopic (exact) mass is 235 g/mol. The van der Waals surface area contributed by atoms with Gasteiger partial charge in [-0.2, -0.15) is 0 Å². The van der Waals surface area contributed by atoms with E-state index in [1.165, 1.54) is 0 Å². The maximum Gasteiger partial charge on any atom is 0.255 e. The molecule has 1 amide bonds. The number of carbonyl (C=O) groups excluding carboxylic acids is 1. The summed E-state index contributed by atoms with van der Waals surface area (Å²) < 4.78 is 10.6. The van der Waals surface area contributed by atoms with Crippen LogP contribution >= 0.6 is 0 Å². The van der Waals surface area contributed by atoms with E-state index in [2.05, 4.69) is 12.2 Å². The van der Waals surface area contributed by atoms with Crippen LogP contribution in [0.3, 0.4) is 0 Å². The Hall–Kier alpha value is -1.71. The lowest BCUT2D eigenvalue weighted by molar-refractivity contribution is 0.0919. The van der Waals surface area contributed by atoms with E-state index in [0.29, 0.717) is 11.3 Å². The smallest absolute Gasteiger partial charge is 0.255 e. The molecule has 0 radical (unpaired) electrons. The van der Waals surface area contributed by atoms with Gasteiger partial charge in [0.05, 0.1) is 19.8 Å². The van der Waals surface area contributed by atoms with Crippen LogP contribution in [-0.2, 0) is 6.42 Å². The number of fused-ring (bicyclic) bond motifs is 1. The molecule has 0 saturated carbocycles. The van der Waals surface area contributed by atoms with Gasteiger partial charge in [-0.1, -0.05) is 6.92 Å². The van der Waals surface area contributed by atoms with Gasteiger partial charge in [-0.25, -0.2) is 0 Å². The molecular formula is C13H17NO3. The fourth-order valence-electron chi connectivity index (χ4n) is 2.22. The number of nitrogens with one attached hydrogen (secondary N) is 1. The number of amides is 1. The van der Waals surface area contributed by atoms with E-state index in [9.17, 15) is 4.79 Å². The maximum atomic E-state index is 12.1. The molecule has 1 heterocycles. The zero-order valence-electron chi connectivity index (χ0n) is 10.4. The molecule has 0 bridgehead atoms. The van der Waals surface area contributed by atoms with E-state index in [1.807, 2.05) is 6.07 Å². The lowest BCUT2D eigenvalue weighted by atomic mass is 9.92. The molecule has 4 heteroatoms. The van der Waals surface area contributed by atoms with Crippen LogP contribution in [0.2, 0.25) is 0 Å². The number of hydrogen-bond acceptors (Lipinski definition) is 3. The number of carbonyl (C=O) groups is 1. The van der Waals surface area contributed by atoms with Crippen molar-refractivity contribution in [2.24, 2.45) is 0 Å². The largest absolute Gasteiger partial charge is 0.496 e. The Morgan fingerprint density at radius 3 is 2.53 bits per heavy atom. The molecule has 1 aliphatic rings. The van der Waals surface area contributed by atoms with E-state index in [4.69, 9.17) is 9.47 Å². The first-order valence-electron chi connectivity index (χ1n) is 5.76. The SMILES string of the molecule is CCC1Cc2c(OC)ccc(OC)c2C(=O)N1. The van der Waals surface area contributed by atoms with Crippen LogP contribution in [-0.4, -0.2) is 26.2 Å². The molecule has 0 spiro atoms. The van der Waals surface area contributed by atoms with Gasteiger partial charge in [0.1, 0.15) is 11.5 Å². The molecule has 1 aromatic rings. The number of rotatable bonds is 3. The number of methoxy groups -OCH3 is 2.